The van der Waals surface area contributed by atoms with Crippen LogP contribution in [0.4, 0.5) is 0 Å². The van der Waals surface area contributed by atoms with E-state index in [0.717, 1.165) is 32.1 Å². The molecular formula is C25H42O3. The molecule has 4 rings (SSSR count). The van der Waals surface area contributed by atoms with Gasteiger partial charge in [0.05, 0.1) is 0 Å². The van der Waals surface area contributed by atoms with Crippen molar-refractivity contribution in [3.05, 3.63) is 0 Å². The molecule has 0 aliphatic heterocycles. The lowest BCUT2D eigenvalue weighted by Crippen LogP contribution is -2.59. The average Bonchev–Trinajstić information content (AvgIpc) is 3.00. The number of hydrogen-bond donors (Lipinski definition) is 1. The summed E-state index contributed by atoms with van der Waals surface area (Å²) in [5.41, 5.74) is 0.398. The van der Waals surface area contributed by atoms with Gasteiger partial charge in [-0.05, 0) is 79.4 Å². The lowest BCUT2D eigenvalue weighted by Gasteiger charge is -2.61. The Hall–Kier alpha value is -0.860. The van der Waals surface area contributed by atoms with E-state index >= 15 is 0 Å². The minimum absolute atomic E-state index is 0.0609. The number of aliphatic carboxylic acids is 1. The van der Waals surface area contributed by atoms with Gasteiger partial charge in [0.15, 0.2) is 0 Å². The van der Waals surface area contributed by atoms with Gasteiger partial charge in [-0.15, -0.1) is 0 Å². The summed E-state index contributed by atoms with van der Waals surface area (Å²) in [6, 6.07) is 0. The molecule has 0 radical (unpaired) electrons. The maximum Gasteiger partial charge on any atom is 0.303 e. The lowest BCUT2D eigenvalue weighted by atomic mass is 9.42. The quantitative estimate of drug-likeness (QED) is 0.610. The van der Waals surface area contributed by atoms with Crippen LogP contribution in [-0.4, -0.2) is 16.9 Å². The fourth-order valence-corrected chi connectivity index (χ4v) is 8.37. The monoisotopic (exact) mass is 390 g/mol. The number of carbonyl (C=O) groups excluding carboxylic acids is 1. The molecule has 0 aromatic rings. The molecule has 28 heavy (non-hydrogen) atoms. The van der Waals surface area contributed by atoms with Crippen molar-refractivity contribution >= 4 is 11.8 Å². The molecule has 3 heteroatoms. The Morgan fingerprint density at radius 1 is 0.964 bits per heavy atom. The summed E-state index contributed by atoms with van der Waals surface area (Å²) in [4.78, 5) is 25.1. The summed E-state index contributed by atoms with van der Waals surface area (Å²) in [5.74, 6) is 2.18. The molecule has 0 saturated heterocycles. The highest BCUT2D eigenvalue weighted by molar-refractivity contribution is 5.86. The average molecular weight is 391 g/mol. The van der Waals surface area contributed by atoms with E-state index in [0.29, 0.717) is 29.0 Å². The van der Waals surface area contributed by atoms with Crippen molar-refractivity contribution in [1.29, 1.82) is 0 Å². The Morgan fingerprint density at radius 3 is 2.29 bits per heavy atom. The number of carboxylic acid groups (broad SMARTS) is 1. The van der Waals surface area contributed by atoms with Crippen LogP contribution in [0.2, 0.25) is 0 Å². The standard InChI is InChI=1S/C23H36O3.C2H6/c1-4-15-16-7-5-6-11-23(16,3)18-10-12-22(2)14(13-19(24)25)8-9-17(22)20(18)21(15)26;1-2/h14-18,20H,4-13H2,1-3H3,(H,24,25);1-2H3/t14?,15-,16?,17?,18+,20?,22?,23?;/m1./s1. The Kier molecular flexibility index (Phi) is 6.32. The highest BCUT2D eigenvalue weighted by atomic mass is 16.4. The smallest absolute Gasteiger partial charge is 0.303 e. The van der Waals surface area contributed by atoms with Crippen LogP contribution in [0.25, 0.3) is 0 Å². The molecule has 0 aromatic carbocycles. The van der Waals surface area contributed by atoms with Crippen LogP contribution in [-0.2, 0) is 9.59 Å². The van der Waals surface area contributed by atoms with Gasteiger partial charge < -0.3 is 5.11 Å². The molecule has 0 spiro atoms. The maximum absolute atomic E-state index is 13.7. The van der Waals surface area contributed by atoms with E-state index in [4.69, 9.17) is 0 Å². The van der Waals surface area contributed by atoms with E-state index in [1.54, 1.807) is 0 Å². The Labute approximate surface area is 172 Å². The summed E-state index contributed by atoms with van der Waals surface area (Å²) < 4.78 is 0. The Balaban J connectivity index is 0.00000109. The number of rotatable bonds is 3. The topological polar surface area (TPSA) is 54.4 Å². The normalized spacial score (nSPS) is 47.2. The van der Waals surface area contributed by atoms with E-state index in [2.05, 4.69) is 20.8 Å². The lowest BCUT2D eigenvalue weighted by molar-refractivity contribution is -0.167. The third kappa shape index (κ3) is 3.16. The van der Waals surface area contributed by atoms with Crippen molar-refractivity contribution in [2.75, 3.05) is 0 Å². The minimum Gasteiger partial charge on any atom is -0.481 e. The van der Waals surface area contributed by atoms with Gasteiger partial charge in [0.25, 0.3) is 0 Å². The molecule has 4 aliphatic carbocycles. The van der Waals surface area contributed by atoms with Crippen LogP contribution in [0.3, 0.4) is 0 Å². The summed E-state index contributed by atoms with van der Waals surface area (Å²) >= 11 is 0. The van der Waals surface area contributed by atoms with Crippen LogP contribution in [0.1, 0.15) is 98.8 Å². The number of fused-ring (bicyclic) bond motifs is 5. The van der Waals surface area contributed by atoms with Crippen LogP contribution >= 0.6 is 0 Å². The molecule has 4 fully saturated rings. The van der Waals surface area contributed by atoms with Gasteiger partial charge in [0.2, 0.25) is 0 Å². The van der Waals surface area contributed by atoms with Crippen molar-refractivity contribution in [2.24, 2.45) is 46.3 Å². The molecule has 3 nitrogen and oxygen atoms in total. The third-order valence-electron chi connectivity index (χ3n) is 9.68. The second-order valence-electron chi connectivity index (χ2n) is 10.4. The summed E-state index contributed by atoms with van der Waals surface area (Å²) in [6.07, 6.45) is 10.8. The molecule has 6 unspecified atom stereocenters. The number of ketones is 1. The fraction of sp³-hybridized carbons (Fsp3) is 0.920. The molecule has 160 valence electrons. The number of carboxylic acids is 1. The van der Waals surface area contributed by atoms with Gasteiger partial charge in [0.1, 0.15) is 5.78 Å². The van der Waals surface area contributed by atoms with Crippen molar-refractivity contribution < 1.29 is 14.7 Å². The van der Waals surface area contributed by atoms with Gasteiger partial charge in [-0.3, -0.25) is 9.59 Å². The minimum atomic E-state index is -0.667. The molecular weight excluding hydrogens is 348 g/mol. The van der Waals surface area contributed by atoms with E-state index in [1.807, 2.05) is 13.8 Å². The number of carbonyl (C=O) groups is 2. The molecule has 0 aromatic heterocycles. The summed E-state index contributed by atoms with van der Waals surface area (Å²) in [7, 11) is 0. The van der Waals surface area contributed by atoms with Crippen molar-refractivity contribution in [3.8, 4) is 0 Å². The van der Waals surface area contributed by atoms with Crippen molar-refractivity contribution in [1.82, 2.24) is 0 Å². The summed E-state index contributed by atoms with van der Waals surface area (Å²) in [5, 5.41) is 9.37. The molecule has 0 heterocycles. The Morgan fingerprint density at radius 2 is 1.64 bits per heavy atom. The van der Waals surface area contributed by atoms with E-state index in [1.165, 1.54) is 25.7 Å². The van der Waals surface area contributed by atoms with Gasteiger partial charge in [0, 0.05) is 18.3 Å². The van der Waals surface area contributed by atoms with Crippen molar-refractivity contribution in [3.63, 3.8) is 0 Å². The third-order valence-corrected chi connectivity index (χ3v) is 9.68. The molecule has 4 saturated carbocycles. The zero-order chi connectivity index (χ0) is 20.7. The van der Waals surface area contributed by atoms with Crippen LogP contribution < -0.4 is 0 Å². The van der Waals surface area contributed by atoms with Crippen LogP contribution in [0.5, 0.6) is 0 Å². The van der Waals surface area contributed by atoms with Gasteiger partial charge in [-0.25, -0.2) is 0 Å². The van der Waals surface area contributed by atoms with Gasteiger partial charge in [-0.1, -0.05) is 47.5 Å². The highest BCUT2D eigenvalue weighted by Gasteiger charge is 2.64. The summed E-state index contributed by atoms with van der Waals surface area (Å²) in [6.45, 7) is 11.0. The first-order chi connectivity index (χ1) is 13.3. The largest absolute Gasteiger partial charge is 0.481 e. The zero-order valence-electron chi connectivity index (χ0n) is 18.8. The second-order valence-corrected chi connectivity index (χ2v) is 10.4. The van der Waals surface area contributed by atoms with Crippen LogP contribution in [0, 0.1) is 46.3 Å². The van der Waals surface area contributed by atoms with Crippen molar-refractivity contribution in [2.45, 2.75) is 98.8 Å². The molecule has 1 N–H and O–H groups in total. The first kappa shape index (κ1) is 21.8. The first-order valence-electron chi connectivity index (χ1n) is 12.1. The van der Waals surface area contributed by atoms with E-state index < -0.39 is 5.97 Å². The predicted octanol–water partition coefficient (Wildman–Crippen LogP) is 6.35. The van der Waals surface area contributed by atoms with E-state index in [9.17, 15) is 14.7 Å². The number of Topliss-reactive ketones (excluding diaryl/α,β-unsaturated/α-hetero) is 1. The predicted molar refractivity (Wildman–Crippen MR) is 113 cm³/mol. The fourth-order valence-electron chi connectivity index (χ4n) is 8.37. The van der Waals surface area contributed by atoms with Gasteiger partial charge >= 0.3 is 5.97 Å². The second kappa shape index (κ2) is 8.11. The zero-order valence-corrected chi connectivity index (χ0v) is 18.8. The van der Waals surface area contributed by atoms with Gasteiger partial charge in [-0.2, -0.15) is 0 Å². The molecule has 4 aliphatic rings. The first-order valence-corrected chi connectivity index (χ1v) is 12.1. The van der Waals surface area contributed by atoms with Crippen LogP contribution in [0.15, 0.2) is 0 Å². The van der Waals surface area contributed by atoms with E-state index in [-0.39, 0.29) is 29.6 Å². The Bertz CT molecular complexity index is 599. The molecule has 0 amide bonds. The molecule has 0 bridgehead atoms. The number of hydrogen-bond acceptors (Lipinski definition) is 2. The maximum atomic E-state index is 13.7. The SMILES string of the molecule is CC.CC[C@H]1C(=O)C2C3CCC(CC(=O)O)C3(C)CC[C@@H]2C2(C)CCCCC12. The highest BCUT2D eigenvalue weighted by Crippen LogP contribution is 2.68. The molecule has 8 atom stereocenters.